The standard InChI is InChI=1S/C13H14BrF3N4S/c1-20(2)11-6-9(13(15,16)17)18-12(19-11)21(3)7-8-4-5-10(14)22-8/h4-6H,7H2,1-3H3. The third kappa shape index (κ3) is 4.10. The lowest BCUT2D eigenvalue weighted by atomic mass is 10.3. The van der Waals surface area contributed by atoms with Crippen LogP contribution in [0, 0.1) is 0 Å². The molecule has 2 heterocycles. The smallest absolute Gasteiger partial charge is 0.363 e. The van der Waals surface area contributed by atoms with Gasteiger partial charge in [-0.15, -0.1) is 11.3 Å². The van der Waals surface area contributed by atoms with Crippen molar-refractivity contribution < 1.29 is 13.2 Å². The van der Waals surface area contributed by atoms with Crippen molar-refractivity contribution in [3.63, 3.8) is 0 Å². The van der Waals surface area contributed by atoms with E-state index >= 15 is 0 Å². The Balaban J connectivity index is 2.34. The summed E-state index contributed by atoms with van der Waals surface area (Å²) in [6.07, 6.45) is -4.50. The van der Waals surface area contributed by atoms with Gasteiger partial charge in [-0.3, -0.25) is 0 Å². The van der Waals surface area contributed by atoms with Gasteiger partial charge in [0.1, 0.15) is 5.82 Å². The largest absolute Gasteiger partial charge is 0.433 e. The molecule has 2 aromatic rings. The lowest BCUT2D eigenvalue weighted by Crippen LogP contribution is -2.23. The van der Waals surface area contributed by atoms with Crippen molar-refractivity contribution >= 4 is 39.0 Å². The molecular formula is C13H14BrF3N4S. The monoisotopic (exact) mass is 394 g/mol. The number of alkyl halides is 3. The molecule has 2 aromatic heterocycles. The highest BCUT2D eigenvalue weighted by atomic mass is 79.9. The van der Waals surface area contributed by atoms with E-state index in [9.17, 15) is 13.2 Å². The molecule has 0 N–H and O–H groups in total. The summed E-state index contributed by atoms with van der Waals surface area (Å²) in [4.78, 5) is 12.0. The third-order valence-corrected chi connectivity index (χ3v) is 4.42. The summed E-state index contributed by atoms with van der Waals surface area (Å²) >= 11 is 4.88. The number of halogens is 4. The van der Waals surface area contributed by atoms with Crippen LogP contribution in [-0.4, -0.2) is 31.1 Å². The second-order valence-corrected chi connectivity index (χ2v) is 7.41. The molecule has 0 aliphatic rings. The zero-order chi connectivity index (χ0) is 16.5. The molecule has 4 nitrogen and oxygen atoms in total. The summed E-state index contributed by atoms with van der Waals surface area (Å²) in [7, 11) is 4.95. The second kappa shape index (κ2) is 6.41. The van der Waals surface area contributed by atoms with Crippen molar-refractivity contribution in [3.8, 4) is 0 Å². The number of thiophene rings is 1. The summed E-state index contributed by atoms with van der Waals surface area (Å²) < 4.78 is 39.9. The first kappa shape index (κ1) is 17.0. The molecule has 0 aliphatic heterocycles. The van der Waals surface area contributed by atoms with Crippen molar-refractivity contribution in [3.05, 3.63) is 32.6 Å². The van der Waals surface area contributed by atoms with Gasteiger partial charge in [0.05, 0.1) is 10.3 Å². The highest BCUT2D eigenvalue weighted by Crippen LogP contribution is 2.31. The maximum Gasteiger partial charge on any atom is 0.433 e. The van der Waals surface area contributed by atoms with Gasteiger partial charge in [-0.1, -0.05) is 0 Å². The Kier molecular flexibility index (Phi) is 4.96. The number of anilines is 2. The minimum atomic E-state index is -4.50. The van der Waals surface area contributed by atoms with Gasteiger partial charge in [0.15, 0.2) is 5.69 Å². The van der Waals surface area contributed by atoms with E-state index < -0.39 is 11.9 Å². The van der Waals surface area contributed by atoms with E-state index in [0.29, 0.717) is 6.54 Å². The van der Waals surface area contributed by atoms with Crippen LogP contribution in [0.25, 0.3) is 0 Å². The predicted molar refractivity (Wildman–Crippen MR) is 85.5 cm³/mol. The molecule has 0 spiro atoms. The number of hydrogen-bond acceptors (Lipinski definition) is 5. The topological polar surface area (TPSA) is 32.3 Å². The van der Waals surface area contributed by atoms with Crippen molar-refractivity contribution in [1.29, 1.82) is 0 Å². The van der Waals surface area contributed by atoms with Crippen molar-refractivity contribution in [2.24, 2.45) is 0 Å². The van der Waals surface area contributed by atoms with E-state index in [1.54, 1.807) is 26.0 Å². The third-order valence-electron chi connectivity index (χ3n) is 2.81. The summed E-state index contributed by atoms with van der Waals surface area (Å²) in [5.41, 5.74) is -0.944. The minimum absolute atomic E-state index is 0.0445. The SMILES string of the molecule is CN(C)c1cc(C(F)(F)F)nc(N(C)Cc2ccc(Br)s2)n1. The van der Waals surface area contributed by atoms with E-state index in [-0.39, 0.29) is 11.8 Å². The van der Waals surface area contributed by atoms with E-state index in [1.807, 2.05) is 12.1 Å². The van der Waals surface area contributed by atoms with Crippen LogP contribution in [0.4, 0.5) is 24.9 Å². The van der Waals surface area contributed by atoms with E-state index in [0.717, 1.165) is 14.7 Å². The quantitative estimate of drug-likeness (QED) is 0.783. The molecule has 0 fully saturated rings. The zero-order valence-electron chi connectivity index (χ0n) is 12.1. The molecule has 0 radical (unpaired) electrons. The van der Waals surface area contributed by atoms with Crippen molar-refractivity contribution in [1.82, 2.24) is 9.97 Å². The highest BCUT2D eigenvalue weighted by molar-refractivity contribution is 9.11. The Morgan fingerprint density at radius 1 is 1.18 bits per heavy atom. The van der Waals surface area contributed by atoms with Crippen LogP contribution in [0.1, 0.15) is 10.6 Å². The maximum atomic E-state index is 13.0. The van der Waals surface area contributed by atoms with Crippen molar-refractivity contribution in [2.75, 3.05) is 30.9 Å². The van der Waals surface area contributed by atoms with Gasteiger partial charge in [-0.25, -0.2) is 4.98 Å². The summed E-state index contributed by atoms with van der Waals surface area (Å²) in [6, 6.07) is 4.75. The lowest BCUT2D eigenvalue weighted by Gasteiger charge is -2.20. The molecule has 0 aromatic carbocycles. The van der Waals surface area contributed by atoms with Crippen molar-refractivity contribution in [2.45, 2.75) is 12.7 Å². The van der Waals surface area contributed by atoms with Crippen LogP contribution in [-0.2, 0) is 12.7 Å². The van der Waals surface area contributed by atoms with Crippen LogP contribution in [0.3, 0.4) is 0 Å². The van der Waals surface area contributed by atoms with Gasteiger partial charge in [0.25, 0.3) is 0 Å². The lowest BCUT2D eigenvalue weighted by molar-refractivity contribution is -0.141. The first-order chi connectivity index (χ1) is 10.2. The number of aromatic nitrogens is 2. The fourth-order valence-electron chi connectivity index (χ4n) is 1.71. The second-order valence-electron chi connectivity index (χ2n) is 4.87. The van der Waals surface area contributed by atoms with E-state index in [4.69, 9.17) is 0 Å². The zero-order valence-corrected chi connectivity index (χ0v) is 14.6. The Morgan fingerprint density at radius 3 is 2.36 bits per heavy atom. The fraction of sp³-hybridized carbons (Fsp3) is 0.385. The normalized spacial score (nSPS) is 11.6. The molecule has 0 bridgehead atoms. The van der Waals surface area contributed by atoms with Gasteiger partial charge in [0, 0.05) is 32.1 Å². The molecule has 2 rings (SSSR count). The molecule has 0 aliphatic carbocycles. The first-order valence-corrected chi connectivity index (χ1v) is 7.86. The molecule has 120 valence electrons. The first-order valence-electron chi connectivity index (χ1n) is 6.26. The number of nitrogens with zero attached hydrogens (tertiary/aromatic N) is 4. The Labute approximate surface area is 138 Å². The van der Waals surface area contributed by atoms with E-state index in [2.05, 4.69) is 25.9 Å². The highest BCUT2D eigenvalue weighted by Gasteiger charge is 2.34. The average molecular weight is 395 g/mol. The maximum absolute atomic E-state index is 13.0. The molecule has 0 amide bonds. The van der Waals surface area contributed by atoms with Gasteiger partial charge in [-0.2, -0.15) is 18.2 Å². The van der Waals surface area contributed by atoms with Crippen LogP contribution < -0.4 is 9.80 Å². The Bertz CT molecular complexity index is 657. The fourth-order valence-corrected chi connectivity index (χ4v) is 3.24. The van der Waals surface area contributed by atoms with E-state index in [1.165, 1.54) is 16.2 Å². The molecule has 9 heteroatoms. The molecule has 0 saturated carbocycles. The molecular weight excluding hydrogens is 381 g/mol. The van der Waals surface area contributed by atoms with Crippen LogP contribution in [0.15, 0.2) is 22.0 Å². The molecule has 22 heavy (non-hydrogen) atoms. The van der Waals surface area contributed by atoms with Gasteiger partial charge in [0.2, 0.25) is 5.95 Å². The van der Waals surface area contributed by atoms with Crippen LogP contribution in [0.5, 0.6) is 0 Å². The van der Waals surface area contributed by atoms with Crippen LogP contribution in [0.2, 0.25) is 0 Å². The molecule has 0 atom stereocenters. The number of hydrogen-bond donors (Lipinski definition) is 0. The van der Waals surface area contributed by atoms with Gasteiger partial charge < -0.3 is 9.80 Å². The summed E-state index contributed by atoms with van der Waals surface area (Å²) in [6.45, 7) is 0.435. The molecule has 0 unspecified atom stereocenters. The van der Waals surface area contributed by atoms with Gasteiger partial charge >= 0.3 is 6.18 Å². The summed E-state index contributed by atoms with van der Waals surface area (Å²) in [5.74, 6) is 0.264. The minimum Gasteiger partial charge on any atom is -0.363 e. The average Bonchev–Trinajstić information content (AvgIpc) is 2.82. The van der Waals surface area contributed by atoms with Crippen LogP contribution >= 0.6 is 27.3 Å². The summed E-state index contributed by atoms with van der Waals surface area (Å²) in [5, 5.41) is 0. The number of rotatable bonds is 4. The Hall–Kier alpha value is -1.35. The molecule has 0 saturated heterocycles. The van der Waals surface area contributed by atoms with Gasteiger partial charge in [-0.05, 0) is 28.1 Å². The predicted octanol–water partition coefficient (Wildman–Crippen LogP) is 4.02. The Morgan fingerprint density at radius 2 is 1.86 bits per heavy atom.